The Balaban J connectivity index is 0.00000200. The minimum atomic E-state index is 0. The zero-order valence-electron chi connectivity index (χ0n) is 11.7. The van der Waals surface area contributed by atoms with Crippen molar-refractivity contribution in [2.75, 3.05) is 31.5 Å². The number of piperidine rings is 1. The van der Waals surface area contributed by atoms with E-state index in [-0.39, 0.29) is 24.2 Å². The van der Waals surface area contributed by atoms with E-state index in [1.807, 2.05) is 30.3 Å². The Bertz CT molecular complexity index is 380. The van der Waals surface area contributed by atoms with Crippen LogP contribution in [0.15, 0.2) is 30.3 Å². The first-order valence-corrected chi connectivity index (χ1v) is 7.13. The standard InChI is InChI=1S/C15H23N3O.ClH/c19-15(13-7-11-16-12-8-13)18-10-4-9-17-14-5-2-1-3-6-14;/h1-3,5-6,13,16-17H,4,7-12H2,(H,18,19);1H. The van der Waals surface area contributed by atoms with Crippen LogP contribution >= 0.6 is 12.4 Å². The van der Waals surface area contributed by atoms with Gasteiger partial charge in [-0.2, -0.15) is 0 Å². The van der Waals surface area contributed by atoms with Crippen molar-refractivity contribution < 1.29 is 4.79 Å². The van der Waals surface area contributed by atoms with Crippen LogP contribution in [-0.2, 0) is 4.79 Å². The fourth-order valence-electron chi connectivity index (χ4n) is 2.32. The summed E-state index contributed by atoms with van der Waals surface area (Å²) >= 11 is 0. The van der Waals surface area contributed by atoms with Crippen molar-refractivity contribution in [1.29, 1.82) is 0 Å². The average molecular weight is 298 g/mol. The quantitative estimate of drug-likeness (QED) is 0.704. The van der Waals surface area contributed by atoms with E-state index in [2.05, 4.69) is 16.0 Å². The lowest BCUT2D eigenvalue weighted by Crippen LogP contribution is -2.38. The lowest BCUT2D eigenvalue weighted by Gasteiger charge is -2.21. The molecule has 0 radical (unpaired) electrons. The van der Waals surface area contributed by atoms with Crippen LogP contribution in [0.5, 0.6) is 0 Å². The number of amides is 1. The first-order chi connectivity index (χ1) is 9.36. The molecule has 1 aliphatic rings. The molecule has 0 bridgehead atoms. The second kappa shape index (κ2) is 9.61. The van der Waals surface area contributed by atoms with Gasteiger partial charge in [0.15, 0.2) is 0 Å². The molecule has 1 heterocycles. The van der Waals surface area contributed by atoms with Crippen molar-refractivity contribution in [3.05, 3.63) is 30.3 Å². The Kier molecular flexibility index (Phi) is 8.07. The summed E-state index contributed by atoms with van der Waals surface area (Å²) < 4.78 is 0. The van der Waals surface area contributed by atoms with E-state index >= 15 is 0 Å². The minimum Gasteiger partial charge on any atom is -0.385 e. The summed E-state index contributed by atoms with van der Waals surface area (Å²) in [6, 6.07) is 10.1. The highest BCUT2D eigenvalue weighted by molar-refractivity contribution is 5.85. The highest BCUT2D eigenvalue weighted by Gasteiger charge is 2.19. The molecule has 1 saturated heterocycles. The minimum absolute atomic E-state index is 0. The van der Waals surface area contributed by atoms with Gasteiger partial charge in [0.1, 0.15) is 0 Å². The highest BCUT2D eigenvalue weighted by atomic mass is 35.5. The summed E-state index contributed by atoms with van der Waals surface area (Å²) in [6.07, 6.45) is 2.88. The molecule has 1 aromatic carbocycles. The summed E-state index contributed by atoms with van der Waals surface area (Å²) in [6.45, 7) is 3.57. The van der Waals surface area contributed by atoms with Crippen LogP contribution in [0.2, 0.25) is 0 Å². The van der Waals surface area contributed by atoms with Gasteiger partial charge in [-0.1, -0.05) is 18.2 Å². The average Bonchev–Trinajstić information content (AvgIpc) is 2.49. The highest BCUT2D eigenvalue weighted by Crippen LogP contribution is 2.11. The zero-order chi connectivity index (χ0) is 13.3. The molecule has 4 nitrogen and oxygen atoms in total. The van der Waals surface area contributed by atoms with Crippen LogP contribution in [-0.4, -0.2) is 32.1 Å². The fourth-order valence-corrected chi connectivity index (χ4v) is 2.32. The first-order valence-electron chi connectivity index (χ1n) is 7.13. The third-order valence-electron chi connectivity index (χ3n) is 3.47. The molecule has 1 aromatic rings. The van der Waals surface area contributed by atoms with Crippen LogP contribution in [0.3, 0.4) is 0 Å². The lowest BCUT2D eigenvalue weighted by atomic mass is 9.97. The molecule has 0 aliphatic carbocycles. The summed E-state index contributed by atoms with van der Waals surface area (Å²) in [4.78, 5) is 11.9. The fraction of sp³-hybridized carbons (Fsp3) is 0.533. The summed E-state index contributed by atoms with van der Waals surface area (Å²) in [5.74, 6) is 0.435. The smallest absolute Gasteiger partial charge is 0.223 e. The Morgan fingerprint density at radius 1 is 1.15 bits per heavy atom. The maximum atomic E-state index is 11.9. The molecule has 0 spiro atoms. The van der Waals surface area contributed by atoms with E-state index in [0.717, 1.165) is 51.1 Å². The number of carbonyl (C=O) groups excluding carboxylic acids is 1. The van der Waals surface area contributed by atoms with E-state index in [1.165, 1.54) is 0 Å². The van der Waals surface area contributed by atoms with E-state index in [1.54, 1.807) is 0 Å². The Labute approximate surface area is 127 Å². The molecule has 0 unspecified atom stereocenters. The number of benzene rings is 1. The Morgan fingerprint density at radius 3 is 2.55 bits per heavy atom. The van der Waals surface area contributed by atoms with E-state index in [0.29, 0.717) is 0 Å². The monoisotopic (exact) mass is 297 g/mol. The van der Waals surface area contributed by atoms with Crippen molar-refractivity contribution in [1.82, 2.24) is 10.6 Å². The number of nitrogens with one attached hydrogen (secondary N) is 3. The zero-order valence-corrected chi connectivity index (χ0v) is 12.5. The normalized spacial score (nSPS) is 15.2. The Hall–Kier alpha value is -1.26. The number of hydrogen-bond donors (Lipinski definition) is 3. The topological polar surface area (TPSA) is 53.2 Å². The van der Waals surface area contributed by atoms with Crippen LogP contribution in [0.25, 0.3) is 0 Å². The molecular formula is C15H24ClN3O. The van der Waals surface area contributed by atoms with Gasteiger partial charge in [-0.3, -0.25) is 4.79 Å². The van der Waals surface area contributed by atoms with Gasteiger partial charge in [0.25, 0.3) is 0 Å². The lowest BCUT2D eigenvalue weighted by molar-refractivity contribution is -0.125. The van der Waals surface area contributed by atoms with Crippen LogP contribution < -0.4 is 16.0 Å². The second-order valence-corrected chi connectivity index (χ2v) is 4.96. The molecular weight excluding hydrogens is 274 g/mol. The molecule has 0 aromatic heterocycles. The molecule has 0 saturated carbocycles. The molecule has 5 heteroatoms. The van der Waals surface area contributed by atoms with E-state index in [4.69, 9.17) is 0 Å². The number of hydrogen-bond acceptors (Lipinski definition) is 3. The molecule has 3 N–H and O–H groups in total. The van der Waals surface area contributed by atoms with E-state index in [9.17, 15) is 4.79 Å². The van der Waals surface area contributed by atoms with Crippen LogP contribution in [0.1, 0.15) is 19.3 Å². The van der Waals surface area contributed by atoms with E-state index < -0.39 is 0 Å². The van der Waals surface area contributed by atoms with Crippen molar-refractivity contribution >= 4 is 24.0 Å². The van der Waals surface area contributed by atoms with Gasteiger partial charge in [-0.15, -0.1) is 12.4 Å². The third-order valence-corrected chi connectivity index (χ3v) is 3.47. The van der Waals surface area contributed by atoms with Gasteiger partial charge < -0.3 is 16.0 Å². The summed E-state index contributed by atoms with van der Waals surface area (Å²) in [7, 11) is 0. The molecule has 1 amide bonds. The van der Waals surface area contributed by atoms with Crippen molar-refractivity contribution in [2.45, 2.75) is 19.3 Å². The Morgan fingerprint density at radius 2 is 1.85 bits per heavy atom. The maximum absolute atomic E-state index is 11.9. The third kappa shape index (κ3) is 5.80. The molecule has 1 fully saturated rings. The predicted octanol–water partition coefficient (Wildman–Crippen LogP) is 2.03. The number of para-hydroxylation sites is 1. The second-order valence-electron chi connectivity index (χ2n) is 4.96. The summed E-state index contributed by atoms with van der Waals surface area (Å²) in [5, 5.41) is 9.64. The summed E-state index contributed by atoms with van der Waals surface area (Å²) in [5.41, 5.74) is 1.13. The SMILES string of the molecule is Cl.O=C(NCCCNc1ccccc1)C1CCNCC1. The van der Waals surface area contributed by atoms with Crippen molar-refractivity contribution in [2.24, 2.45) is 5.92 Å². The van der Waals surface area contributed by atoms with Gasteiger partial charge in [0.2, 0.25) is 5.91 Å². The van der Waals surface area contributed by atoms with Crippen LogP contribution in [0, 0.1) is 5.92 Å². The predicted molar refractivity (Wildman–Crippen MR) is 85.4 cm³/mol. The van der Waals surface area contributed by atoms with Gasteiger partial charge in [0, 0.05) is 24.7 Å². The van der Waals surface area contributed by atoms with Gasteiger partial charge in [-0.25, -0.2) is 0 Å². The molecule has 0 atom stereocenters. The van der Waals surface area contributed by atoms with Gasteiger partial charge in [-0.05, 0) is 44.5 Å². The van der Waals surface area contributed by atoms with Crippen molar-refractivity contribution in [3.8, 4) is 0 Å². The molecule has 112 valence electrons. The van der Waals surface area contributed by atoms with Crippen LogP contribution in [0.4, 0.5) is 5.69 Å². The number of anilines is 1. The maximum Gasteiger partial charge on any atom is 0.223 e. The largest absolute Gasteiger partial charge is 0.385 e. The molecule has 2 rings (SSSR count). The van der Waals surface area contributed by atoms with Crippen molar-refractivity contribution in [3.63, 3.8) is 0 Å². The number of halogens is 1. The molecule has 20 heavy (non-hydrogen) atoms. The van der Waals surface area contributed by atoms with Gasteiger partial charge >= 0.3 is 0 Å². The number of rotatable bonds is 6. The number of carbonyl (C=O) groups is 1. The van der Waals surface area contributed by atoms with Gasteiger partial charge in [0.05, 0.1) is 0 Å². The first kappa shape index (κ1) is 16.8. The molecule has 1 aliphatic heterocycles.